The summed E-state index contributed by atoms with van der Waals surface area (Å²) in [6.07, 6.45) is 3.60. The van der Waals surface area contributed by atoms with Gasteiger partial charge in [-0.05, 0) is 42.5 Å². The summed E-state index contributed by atoms with van der Waals surface area (Å²) in [6, 6.07) is 11.0. The topological polar surface area (TPSA) is 62.3 Å². The maximum atomic E-state index is 12.6. The molecule has 1 aliphatic rings. The van der Waals surface area contributed by atoms with Crippen LogP contribution in [0.25, 0.3) is 0 Å². The van der Waals surface area contributed by atoms with Crippen LogP contribution in [-0.4, -0.2) is 34.8 Å². The van der Waals surface area contributed by atoms with Crippen molar-refractivity contribution in [2.45, 2.75) is 32.6 Å². The summed E-state index contributed by atoms with van der Waals surface area (Å²) in [5, 5.41) is 2.92. The van der Waals surface area contributed by atoms with Crippen molar-refractivity contribution < 1.29 is 9.59 Å². The molecule has 5 heteroatoms. The fraction of sp³-hybridized carbons (Fsp3) is 0.350. The number of aromatic nitrogens is 1. The molecule has 0 aliphatic carbocycles. The highest BCUT2D eigenvalue weighted by Gasteiger charge is 2.21. The summed E-state index contributed by atoms with van der Waals surface area (Å²) in [5.74, 6) is -0.0340. The Morgan fingerprint density at radius 1 is 1.12 bits per heavy atom. The maximum Gasteiger partial charge on any atom is 0.274 e. The highest BCUT2D eigenvalue weighted by atomic mass is 16.2. The second kappa shape index (κ2) is 7.47. The molecule has 1 aliphatic heterocycles. The van der Waals surface area contributed by atoms with Crippen LogP contribution in [0.2, 0.25) is 0 Å². The Hall–Kier alpha value is -2.69. The molecule has 0 spiro atoms. The van der Waals surface area contributed by atoms with Crippen molar-refractivity contribution in [1.82, 2.24) is 9.88 Å². The highest BCUT2D eigenvalue weighted by molar-refractivity contribution is 6.05. The Bertz CT molecular complexity index is 780. The Labute approximate surface area is 148 Å². The zero-order valence-corrected chi connectivity index (χ0v) is 14.7. The van der Waals surface area contributed by atoms with Gasteiger partial charge in [-0.3, -0.25) is 14.6 Å². The van der Waals surface area contributed by atoms with Crippen LogP contribution in [0, 0.1) is 0 Å². The minimum Gasteiger partial charge on any atom is -0.339 e. The molecule has 130 valence electrons. The zero-order chi connectivity index (χ0) is 17.8. The number of hydrogen-bond donors (Lipinski definition) is 1. The molecule has 0 atom stereocenters. The fourth-order valence-electron chi connectivity index (χ4n) is 3.09. The van der Waals surface area contributed by atoms with E-state index in [1.165, 1.54) is 6.20 Å². The lowest BCUT2D eigenvalue weighted by Crippen LogP contribution is -2.28. The number of pyridine rings is 1. The molecule has 1 saturated heterocycles. The van der Waals surface area contributed by atoms with E-state index in [4.69, 9.17) is 0 Å². The van der Waals surface area contributed by atoms with E-state index in [2.05, 4.69) is 24.1 Å². The summed E-state index contributed by atoms with van der Waals surface area (Å²) in [5.41, 5.74) is 2.61. The lowest BCUT2D eigenvalue weighted by atomic mass is 10.0. The van der Waals surface area contributed by atoms with Crippen LogP contribution < -0.4 is 5.32 Å². The second-order valence-electron chi connectivity index (χ2n) is 6.63. The smallest absolute Gasteiger partial charge is 0.274 e. The summed E-state index contributed by atoms with van der Waals surface area (Å²) in [4.78, 5) is 31.0. The van der Waals surface area contributed by atoms with Gasteiger partial charge in [-0.2, -0.15) is 0 Å². The zero-order valence-electron chi connectivity index (χ0n) is 14.7. The molecule has 2 aromatic rings. The lowest BCUT2D eigenvalue weighted by molar-refractivity contribution is 0.0792. The third-order valence-corrected chi connectivity index (χ3v) is 4.46. The number of carbonyl (C=O) groups excluding carboxylic acids is 2. The van der Waals surface area contributed by atoms with E-state index in [9.17, 15) is 9.59 Å². The van der Waals surface area contributed by atoms with E-state index in [0.717, 1.165) is 37.2 Å². The van der Waals surface area contributed by atoms with E-state index in [1.807, 2.05) is 29.2 Å². The van der Waals surface area contributed by atoms with Crippen LogP contribution in [0.3, 0.4) is 0 Å². The fourth-order valence-corrected chi connectivity index (χ4v) is 3.09. The van der Waals surface area contributed by atoms with Gasteiger partial charge in [0.1, 0.15) is 5.69 Å². The van der Waals surface area contributed by atoms with Crippen molar-refractivity contribution in [2.75, 3.05) is 18.4 Å². The molecule has 3 rings (SSSR count). The Balaban J connectivity index is 1.79. The van der Waals surface area contributed by atoms with E-state index in [1.54, 1.807) is 12.1 Å². The van der Waals surface area contributed by atoms with Crippen LogP contribution in [0.15, 0.2) is 42.6 Å². The number of nitrogens with one attached hydrogen (secondary N) is 1. The van der Waals surface area contributed by atoms with Crippen molar-refractivity contribution in [1.29, 1.82) is 0 Å². The number of anilines is 1. The number of para-hydroxylation sites is 1. The largest absolute Gasteiger partial charge is 0.339 e. The molecule has 1 fully saturated rings. The standard InChI is InChI=1S/C20H23N3O2/c1-14(2)16-7-3-4-8-17(16)22-19(24)18-13-15(9-10-21-18)20(25)23-11-5-6-12-23/h3-4,7-10,13-14H,5-6,11-12H2,1-2H3,(H,22,24). The minimum atomic E-state index is -0.302. The highest BCUT2D eigenvalue weighted by Crippen LogP contribution is 2.24. The maximum absolute atomic E-state index is 12.6. The summed E-state index contributed by atoms with van der Waals surface area (Å²) >= 11 is 0. The van der Waals surface area contributed by atoms with Gasteiger partial charge in [0.25, 0.3) is 11.8 Å². The van der Waals surface area contributed by atoms with Gasteiger partial charge < -0.3 is 10.2 Å². The normalized spacial score (nSPS) is 14.0. The van der Waals surface area contributed by atoms with Crippen molar-refractivity contribution in [3.05, 3.63) is 59.4 Å². The molecular weight excluding hydrogens is 314 g/mol. The van der Waals surface area contributed by atoms with Gasteiger partial charge in [0, 0.05) is 30.5 Å². The third-order valence-electron chi connectivity index (χ3n) is 4.46. The first kappa shape index (κ1) is 17.1. The number of carbonyl (C=O) groups is 2. The molecule has 25 heavy (non-hydrogen) atoms. The number of nitrogens with zero attached hydrogens (tertiary/aromatic N) is 2. The predicted octanol–water partition coefficient (Wildman–Crippen LogP) is 3.69. The Kier molecular flexibility index (Phi) is 5.12. The van der Waals surface area contributed by atoms with E-state index in [0.29, 0.717) is 11.5 Å². The molecule has 0 saturated carbocycles. The van der Waals surface area contributed by atoms with Gasteiger partial charge in [-0.1, -0.05) is 32.0 Å². The molecule has 0 bridgehead atoms. The molecule has 1 N–H and O–H groups in total. The quantitative estimate of drug-likeness (QED) is 0.925. The van der Waals surface area contributed by atoms with Gasteiger partial charge in [0.15, 0.2) is 0 Å². The first-order valence-corrected chi connectivity index (χ1v) is 8.72. The molecule has 1 aromatic heterocycles. The summed E-state index contributed by atoms with van der Waals surface area (Å²) < 4.78 is 0. The number of amides is 2. The summed E-state index contributed by atoms with van der Waals surface area (Å²) in [6.45, 7) is 5.73. The first-order valence-electron chi connectivity index (χ1n) is 8.72. The van der Waals surface area contributed by atoms with Crippen LogP contribution >= 0.6 is 0 Å². The lowest BCUT2D eigenvalue weighted by Gasteiger charge is -2.16. The average Bonchev–Trinajstić information content (AvgIpc) is 3.16. The predicted molar refractivity (Wildman–Crippen MR) is 97.9 cm³/mol. The molecule has 2 amide bonds. The van der Waals surface area contributed by atoms with Crippen LogP contribution in [0.4, 0.5) is 5.69 Å². The Morgan fingerprint density at radius 3 is 2.56 bits per heavy atom. The monoisotopic (exact) mass is 337 g/mol. The van der Waals surface area contributed by atoms with Crippen molar-refractivity contribution in [3.8, 4) is 0 Å². The number of benzene rings is 1. The number of likely N-dealkylation sites (tertiary alicyclic amines) is 1. The van der Waals surface area contributed by atoms with Gasteiger partial charge >= 0.3 is 0 Å². The molecule has 0 unspecified atom stereocenters. The third kappa shape index (κ3) is 3.87. The first-order chi connectivity index (χ1) is 12.1. The molecule has 0 radical (unpaired) electrons. The van der Waals surface area contributed by atoms with Crippen molar-refractivity contribution >= 4 is 17.5 Å². The summed E-state index contributed by atoms with van der Waals surface area (Å²) in [7, 11) is 0. The van der Waals surface area contributed by atoms with Crippen molar-refractivity contribution in [2.24, 2.45) is 0 Å². The number of rotatable bonds is 4. The Morgan fingerprint density at radius 2 is 1.84 bits per heavy atom. The van der Waals surface area contributed by atoms with E-state index >= 15 is 0 Å². The van der Waals surface area contributed by atoms with Crippen molar-refractivity contribution in [3.63, 3.8) is 0 Å². The molecule has 1 aromatic carbocycles. The van der Waals surface area contributed by atoms with Crippen LogP contribution in [0.5, 0.6) is 0 Å². The van der Waals surface area contributed by atoms with Crippen LogP contribution in [-0.2, 0) is 0 Å². The van der Waals surface area contributed by atoms with E-state index in [-0.39, 0.29) is 17.5 Å². The van der Waals surface area contributed by atoms with Gasteiger partial charge in [0.05, 0.1) is 0 Å². The minimum absolute atomic E-state index is 0.0310. The molecular formula is C20H23N3O2. The van der Waals surface area contributed by atoms with Gasteiger partial charge in [-0.15, -0.1) is 0 Å². The molecule has 5 nitrogen and oxygen atoms in total. The molecule has 2 heterocycles. The second-order valence-corrected chi connectivity index (χ2v) is 6.63. The van der Waals surface area contributed by atoms with Gasteiger partial charge in [-0.25, -0.2) is 0 Å². The van der Waals surface area contributed by atoms with Gasteiger partial charge in [0.2, 0.25) is 0 Å². The number of hydrogen-bond acceptors (Lipinski definition) is 3. The van der Waals surface area contributed by atoms with E-state index < -0.39 is 0 Å². The SMILES string of the molecule is CC(C)c1ccccc1NC(=O)c1cc(C(=O)N2CCCC2)ccn1. The average molecular weight is 337 g/mol. The van der Waals surface area contributed by atoms with Crippen LogP contribution in [0.1, 0.15) is 59.0 Å².